The molecule has 1 saturated heterocycles. The van der Waals surface area contributed by atoms with Gasteiger partial charge in [-0.3, -0.25) is 4.90 Å². The molecule has 0 bridgehead atoms. The minimum absolute atomic E-state index is 0.606. The highest BCUT2D eigenvalue weighted by atomic mass is 15.2. The molecule has 2 atom stereocenters. The molecule has 0 spiro atoms. The number of nitrogens with two attached hydrogens (primary N) is 1. The van der Waals surface area contributed by atoms with Crippen molar-refractivity contribution in [3.63, 3.8) is 0 Å². The molecule has 2 heterocycles. The third kappa shape index (κ3) is 2.83. The predicted molar refractivity (Wildman–Crippen MR) is 82.3 cm³/mol. The lowest BCUT2D eigenvalue weighted by Crippen LogP contribution is -2.26. The number of pyridine rings is 1. The number of aromatic nitrogens is 1. The van der Waals surface area contributed by atoms with Crippen molar-refractivity contribution in [2.45, 2.75) is 31.8 Å². The first-order chi connectivity index (χ1) is 9.72. The standard InChI is InChI=1S/C17H21N3/c1-13-9-16(15-5-3-2-4-6-15)12-20(13)11-14-7-8-19-17(18)10-14/h2-8,10,13,16H,9,11-12H2,1H3,(H2,18,19)/t13-,16+/m0/s1. The van der Waals surface area contributed by atoms with Crippen molar-refractivity contribution in [1.29, 1.82) is 0 Å². The molecule has 3 heteroatoms. The molecule has 3 nitrogen and oxygen atoms in total. The predicted octanol–water partition coefficient (Wildman–Crippen LogP) is 3.04. The number of hydrogen-bond acceptors (Lipinski definition) is 3. The molecule has 0 unspecified atom stereocenters. The monoisotopic (exact) mass is 267 g/mol. The van der Waals surface area contributed by atoms with Gasteiger partial charge < -0.3 is 5.73 Å². The van der Waals surface area contributed by atoms with E-state index in [1.54, 1.807) is 6.20 Å². The van der Waals surface area contributed by atoms with Crippen molar-refractivity contribution in [3.8, 4) is 0 Å². The van der Waals surface area contributed by atoms with Crippen LogP contribution < -0.4 is 5.73 Å². The smallest absolute Gasteiger partial charge is 0.123 e. The molecule has 1 aliphatic rings. The largest absolute Gasteiger partial charge is 0.384 e. The van der Waals surface area contributed by atoms with Gasteiger partial charge in [-0.2, -0.15) is 0 Å². The Kier molecular flexibility index (Phi) is 3.70. The van der Waals surface area contributed by atoms with E-state index < -0.39 is 0 Å². The van der Waals surface area contributed by atoms with Crippen LogP contribution in [0, 0.1) is 0 Å². The molecule has 2 aromatic rings. The van der Waals surface area contributed by atoms with Gasteiger partial charge in [0.15, 0.2) is 0 Å². The van der Waals surface area contributed by atoms with Crippen molar-refractivity contribution < 1.29 is 0 Å². The van der Waals surface area contributed by atoms with Gasteiger partial charge >= 0.3 is 0 Å². The van der Waals surface area contributed by atoms with Crippen LogP contribution in [0.15, 0.2) is 48.7 Å². The van der Waals surface area contributed by atoms with E-state index in [0.29, 0.717) is 17.8 Å². The summed E-state index contributed by atoms with van der Waals surface area (Å²) in [7, 11) is 0. The van der Waals surface area contributed by atoms with Crippen LogP contribution in [0.1, 0.15) is 30.4 Å². The average Bonchev–Trinajstić information content (AvgIpc) is 2.81. The van der Waals surface area contributed by atoms with Gasteiger partial charge in [0, 0.05) is 25.3 Å². The number of nitrogens with zero attached hydrogens (tertiary/aromatic N) is 2. The van der Waals surface area contributed by atoms with Gasteiger partial charge in [-0.15, -0.1) is 0 Å². The van der Waals surface area contributed by atoms with Gasteiger partial charge in [0.05, 0.1) is 0 Å². The van der Waals surface area contributed by atoms with Crippen LogP contribution in [-0.2, 0) is 6.54 Å². The van der Waals surface area contributed by atoms with E-state index in [-0.39, 0.29) is 0 Å². The maximum absolute atomic E-state index is 5.76. The van der Waals surface area contributed by atoms with E-state index in [1.807, 2.05) is 6.07 Å². The first kappa shape index (κ1) is 13.1. The van der Waals surface area contributed by atoms with Gasteiger partial charge in [0.25, 0.3) is 0 Å². The molecule has 3 rings (SSSR count). The highest BCUT2D eigenvalue weighted by Gasteiger charge is 2.29. The zero-order chi connectivity index (χ0) is 13.9. The first-order valence-corrected chi connectivity index (χ1v) is 7.22. The Balaban J connectivity index is 1.70. The van der Waals surface area contributed by atoms with Crippen LogP contribution >= 0.6 is 0 Å². The van der Waals surface area contributed by atoms with E-state index in [9.17, 15) is 0 Å². The third-order valence-corrected chi connectivity index (χ3v) is 4.21. The summed E-state index contributed by atoms with van der Waals surface area (Å²) in [6.45, 7) is 4.39. The van der Waals surface area contributed by atoms with E-state index in [0.717, 1.165) is 13.1 Å². The fraction of sp³-hybridized carbons (Fsp3) is 0.353. The lowest BCUT2D eigenvalue weighted by Gasteiger charge is -2.21. The second-order valence-electron chi connectivity index (χ2n) is 5.71. The Morgan fingerprint density at radius 1 is 1.25 bits per heavy atom. The molecule has 0 aliphatic carbocycles. The maximum atomic E-state index is 5.76. The molecule has 0 saturated carbocycles. The van der Waals surface area contributed by atoms with E-state index in [4.69, 9.17) is 5.73 Å². The molecule has 2 N–H and O–H groups in total. The summed E-state index contributed by atoms with van der Waals surface area (Å²) in [5.41, 5.74) is 8.46. The summed E-state index contributed by atoms with van der Waals surface area (Å²) in [5, 5.41) is 0. The van der Waals surface area contributed by atoms with Crippen molar-refractivity contribution in [2.75, 3.05) is 12.3 Å². The van der Waals surface area contributed by atoms with Crippen LogP contribution in [0.5, 0.6) is 0 Å². The quantitative estimate of drug-likeness (QED) is 0.929. The number of hydrogen-bond donors (Lipinski definition) is 1. The first-order valence-electron chi connectivity index (χ1n) is 7.22. The van der Waals surface area contributed by atoms with Crippen molar-refractivity contribution in [2.24, 2.45) is 0 Å². The number of benzene rings is 1. The topological polar surface area (TPSA) is 42.2 Å². The fourth-order valence-corrected chi connectivity index (χ4v) is 3.11. The third-order valence-electron chi connectivity index (χ3n) is 4.21. The van der Waals surface area contributed by atoms with Crippen LogP contribution in [0.25, 0.3) is 0 Å². The Labute approximate surface area is 120 Å². The molecule has 1 fully saturated rings. The van der Waals surface area contributed by atoms with Crippen LogP contribution in [0.4, 0.5) is 5.82 Å². The van der Waals surface area contributed by atoms with Gasteiger partial charge in [-0.25, -0.2) is 4.98 Å². The van der Waals surface area contributed by atoms with Gasteiger partial charge in [0.1, 0.15) is 5.82 Å². The van der Waals surface area contributed by atoms with E-state index >= 15 is 0 Å². The van der Waals surface area contributed by atoms with E-state index in [2.05, 4.69) is 53.2 Å². The second kappa shape index (κ2) is 5.63. The normalized spacial score (nSPS) is 23.1. The summed E-state index contributed by atoms with van der Waals surface area (Å²) >= 11 is 0. The van der Waals surface area contributed by atoms with Crippen LogP contribution in [0.2, 0.25) is 0 Å². The van der Waals surface area contributed by atoms with Crippen LogP contribution in [-0.4, -0.2) is 22.5 Å². The number of nitrogen functional groups attached to an aromatic ring is 1. The lowest BCUT2D eigenvalue weighted by atomic mass is 9.97. The minimum Gasteiger partial charge on any atom is -0.384 e. The number of likely N-dealkylation sites (tertiary alicyclic amines) is 1. The summed E-state index contributed by atoms with van der Waals surface area (Å²) in [5.74, 6) is 1.25. The lowest BCUT2D eigenvalue weighted by molar-refractivity contribution is 0.259. The van der Waals surface area contributed by atoms with Crippen molar-refractivity contribution in [3.05, 3.63) is 59.8 Å². The molecular formula is C17H21N3. The van der Waals surface area contributed by atoms with Crippen LogP contribution in [0.3, 0.4) is 0 Å². The molecular weight excluding hydrogens is 246 g/mol. The highest BCUT2D eigenvalue weighted by Crippen LogP contribution is 2.32. The fourth-order valence-electron chi connectivity index (χ4n) is 3.11. The van der Waals surface area contributed by atoms with Gasteiger partial charge in [-0.05, 0) is 42.5 Å². The van der Waals surface area contributed by atoms with E-state index in [1.165, 1.54) is 17.5 Å². The molecule has 20 heavy (non-hydrogen) atoms. The number of anilines is 1. The van der Waals surface area contributed by atoms with Gasteiger partial charge in [0.2, 0.25) is 0 Å². The summed E-state index contributed by atoms with van der Waals surface area (Å²) in [4.78, 5) is 6.59. The molecule has 0 radical (unpaired) electrons. The molecule has 1 aliphatic heterocycles. The van der Waals surface area contributed by atoms with Crippen molar-refractivity contribution >= 4 is 5.82 Å². The maximum Gasteiger partial charge on any atom is 0.123 e. The zero-order valence-corrected chi connectivity index (χ0v) is 11.9. The van der Waals surface area contributed by atoms with Gasteiger partial charge in [-0.1, -0.05) is 30.3 Å². The zero-order valence-electron chi connectivity index (χ0n) is 11.9. The Hall–Kier alpha value is -1.87. The summed E-state index contributed by atoms with van der Waals surface area (Å²) in [6.07, 6.45) is 3.02. The molecule has 0 amide bonds. The Bertz CT molecular complexity index is 567. The average molecular weight is 267 g/mol. The summed E-state index contributed by atoms with van der Waals surface area (Å²) < 4.78 is 0. The van der Waals surface area contributed by atoms with Crippen molar-refractivity contribution in [1.82, 2.24) is 9.88 Å². The minimum atomic E-state index is 0.606. The second-order valence-corrected chi connectivity index (χ2v) is 5.71. The molecule has 104 valence electrons. The SMILES string of the molecule is C[C@H]1C[C@@H](c2ccccc2)CN1Cc1ccnc(N)c1. The highest BCUT2D eigenvalue weighted by molar-refractivity contribution is 5.32. The molecule has 1 aromatic carbocycles. The summed E-state index contributed by atoms with van der Waals surface area (Å²) in [6, 6.07) is 15.5. The Morgan fingerprint density at radius 3 is 2.80 bits per heavy atom. The molecule has 1 aromatic heterocycles. The Morgan fingerprint density at radius 2 is 2.05 bits per heavy atom. The number of rotatable bonds is 3.